The third-order valence-electron chi connectivity index (χ3n) is 13.6. The predicted molar refractivity (Wildman–Crippen MR) is 249 cm³/mol. The third-order valence-corrected chi connectivity index (χ3v) is 13.6. The predicted octanol–water partition coefficient (Wildman–Crippen LogP) is 9.71. The molecule has 0 fully saturated rings. The molecule has 0 saturated heterocycles. The lowest BCUT2D eigenvalue weighted by Gasteiger charge is -2.47. The second-order valence-electron chi connectivity index (χ2n) is 16.3. The van der Waals surface area contributed by atoms with Crippen LogP contribution in [-0.2, 0) is 0 Å². The van der Waals surface area contributed by atoms with Crippen LogP contribution in [0, 0.1) is 0 Å². The summed E-state index contributed by atoms with van der Waals surface area (Å²) in [5.74, 6) is 0. The van der Waals surface area contributed by atoms with Crippen molar-refractivity contribution in [2.45, 2.75) is 0 Å². The molecule has 0 saturated carbocycles. The zero-order valence-corrected chi connectivity index (χ0v) is 31.5. The van der Waals surface area contributed by atoms with E-state index in [1.54, 1.807) is 0 Å². The van der Waals surface area contributed by atoms with Crippen molar-refractivity contribution >= 4 is 113 Å². The van der Waals surface area contributed by atoms with E-state index in [4.69, 9.17) is 0 Å². The van der Waals surface area contributed by atoms with Gasteiger partial charge in [0.05, 0.1) is 0 Å². The molecule has 4 aliphatic heterocycles. The number of para-hydroxylation sites is 4. The standard InChI is InChI=1S/C54H32B2N2/c1-3-18-34(19-4-1)57-44-30-11-9-26-40(44)55-42-28-14-24-38-48(37-23-13-17-33-16-7-8-22-36(33)37)39-25-15-29-43-50(39)51(49(38)42)52-53(55)46(57)32-47-54(52)56(43)41-27-10-12-31-45(41)58(47)35-20-5-2-6-21-35/h1-32H. The van der Waals surface area contributed by atoms with Crippen molar-refractivity contribution in [3.05, 3.63) is 194 Å². The van der Waals surface area contributed by atoms with Crippen molar-refractivity contribution < 1.29 is 0 Å². The Morgan fingerprint density at radius 1 is 0.310 bits per heavy atom. The molecule has 10 aromatic carbocycles. The fourth-order valence-corrected chi connectivity index (χ4v) is 11.6. The molecule has 0 unspecified atom stereocenters. The highest BCUT2D eigenvalue weighted by Gasteiger charge is 2.49. The van der Waals surface area contributed by atoms with E-state index in [-0.39, 0.29) is 13.4 Å². The number of hydrogen-bond acceptors (Lipinski definition) is 2. The molecule has 14 rings (SSSR count). The molecule has 0 amide bonds. The molecule has 58 heavy (non-hydrogen) atoms. The first-order valence-electron chi connectivity index (χ1n) is 20.4. The second-order valence-corrected chi connectivity index (χ2v) is 16.3. The molecule has 2 nitrogen and oxygen atoms in total. The SMILES string of the molecule is c1ccc(N2c3ccccc3B3c4c2cc2c5c4-c4c6c3cccc6c(-c3cccc6ccccc36)c3cccc(c43)B5c3ccccc3N2c2ccccc2)cc1. The molecule has 0 atom stereocenters. The number of anilines is 6. The van der Waals surface area contributed by atoms with Gasteiger partial charge in [0, 0.05) is 34.1 Å². The molecule has 0 aromatic heterocycles. The fraction of sp³-hybridized carbons (Fsp3) is 0. The zero-order chi connectivity index (χ0) is 37.6. The van der Waals surface area contributed by atoms with Crippen molar-refractivity contribution in [2.24, 2.45) is 0 Å². The molecule has 10 aromatic rings. The Bertz CT molecular complexity index is 3240. The van der Waals surface area contributed by atoms with E-state index < -0.39 is 0 Å². The van der Waals surface area contributed by atoms with Crippen LogP contribution in [0.15, 0.2) is 194 Å². The third kappa shape index (κ3) is 3.76. The summed E-state index contributed by atoms with van der Waals surface area (Å²) in [6.45, 7) is 0.127. The summed E-state index contributed by atoms with van der Waals surface area (Å²) in [6, 6.07) is 73.0. The summed E-state index contributed by atoms with van der Waals surface area (Å²) in [6.07, 6.45) is 0. The summed E-state index contributed by atoms with van der Waals surface area (Å²) in [5.41, 5.74) is 21.2. The maximum Gasteiger partial charge on any atom is 0.248 e. The van der Waals surface area contributed by atoms with Gasteiger partial charge < -0.3 is 9.80 Å². The average Bonchev–Trinajstić information content (AvgIpc) is 3.29. The van der Waals surface area contributed by atoms with Gasteiger partial charge in [-0.2, -0.15) is 0 Å². The molecule has 0 spiro atoms. The molecule has 264 valence electrons. The van der Waals surface area contributed by atoms with Crippen LogP contribution in [0.25, 0.3) is 54.6 Å². The number of nitrogens with zero attached hydrogens (tertiary/aromatic N) is 2. The van der Waals surface area contributed by atoms with Gasteiger partial charge in [0.2, 0.25) is 13.4 Å². The lowest BCUT2D eigenvalue weighted by molar-refractivity contribution is 1.26. The summed E-state index contributed by atoms with van der Waals surface area (Å²) in [7, 11) is 0. The van der Waals surface area contributed by atoms with Gasteiger partial charge in [-0.3, -0.25) is 0 Å². The van der Waals surface area contributed by atoms with E-state index >= 15 is 0 Å². The monoisotopic (exact) mass is 730 g/mol. The van der Waals surface area contributed by atoms with E-state index in [2.05, 4.69) is 204 Å². The van der Waals surface area contributed by atoms with Crippen LogP contribution < -0.4 is 42.6 Å². The molecule has 4 heterocycles. The van der Waals surface area contributed by atoms with Gasteiger partial charge in [0.15, 0.2) is 0 Å². The first kappa shape index (κ1) is 30.9. The summed E-state index contributed by atoms with van der Waals surface area (Å²) in [5, 5.41) is 8.01. The Morgan fingerprint density at radius 3 is 1.34 bits per heavy atom. The summed E-state index contributed by atoms with van der Waals surface area (Å²) < 4.78 is 0. The van der Waals surface area contributed by atoms with Crippen molar-refractivity contribution in [1.29, 1.82) is 0 Å². The van der Waals surface area contributed by atoms with Crippen molar-refractivity contribution in [2.75, 3.05) is 9.80 Å². The summed E-state index contributed by atoms with van der Waals surface area (Å²) in [4.78, 5) is 5.09. The number of benzene rings is 10. The van der Waals surface area contributed by atoms with E-state index in [1.807, 2.05) is 0 Å². The minimum Gasteiger partial charge on any atom is -0.311 e. The number of rotatable bonds is 3. The Morgan fingerprint density at radius 2 is 0.759 bits per heavy atom. The van der Waals surface area contributed by atoms with E-state index in [0.717, 1.165) is 0 Å². The minimum absolute atomic E-state index is 0.0636. The Kier molecular flexibility index (Phi) is 5.95. The van der Waals surface area contributed by atoms with Crippen LogP contribution >= 0.6 is 0 Å². The minimum atomic E-state index is 0.0636. The first-order valence-corrected chi connectivity index (χ1v) is 20.4. The van der Waals surface area contributed by atoms with Gasteiger partial charge in [-0.25, -0.2) is 0 Å². The van der Waals surface area contributed by atoms with Gasteiger partial charge in [0.1, 0.15) is 0 Å². The van der Waals surface area contributed by atoms with Crippen LogP contribution in [0.3, 0.4) is 0 Å². The Hall–Kier alpha value is -7.29. The van der Waals surface area contributed by atoms with Crippen LogP contribution in [0.4, 0.5) is 34.1 Å². The fourth-order valence-electron chi connectivity index (χ4n) is 11.6. The molecule has 0 bridgehead atoms. The van der Waals surface area contributed by atoms with Crippen molar-refractivity contribution in [1.82, 2.24) is 0 Å². The highest BCUT2D eigenvalue weighted by Crippen LogP contribution is 2.51. The first-order chi connectivity index (χ1) is 28.8. The largest absolute Gasteiger partial charge is 0.311 e. The molecule has 0 aliphatic carbocycles. The Balaban J connectivity index is 1.24. The quantitative estimate of drug-likeness (QED) is 0.132. The molecule has 4 heteroatoms. The van der Waals surface area contributed by atoms with E-state index in [1.165, 1.54) is 121 Å². The maximum absolute atomic E-state index is 2.55. The average molecular weight is 730 g/mol. The van der Waals surface area contributed by atoms with Gasteiger partial charge in [0.25, 0.3) is 0 Å². The maximum atomic E-state index is 2.55. The number of fused-ring (bicyclic) bond motifs is 7. The molecule has 0 radical (unpaired) electrons. The lowest BCUT2D eigenvalue weighted by Crippen LogP contribution is -2.66. The summed E-state index contributed by atoms with van der Waals surface area (Å²) >= 11 is 0. The van der Waals surface area contributed by atoms with E-state index in [9.17, 15) is 0 Å². The van der Waals surface area contributed by atoms with Crippen molar-refractivity contribution in [3.63, 3.8) is 0 Å². The highest BCUT2D eigenvalue weighted by atomic mass is 15.2. The molecule has 0 N–H and O–H groups in total. The van der Waals surface area contributed by atoms with Crippen LogP contribution in [0.1, 0.15) is 0 Å². The second kappa shape index (κ2) is 11.2. The lowest BCUT2D eigenvalue weighted by atomic mass is 9.26. The van der Waals surface area contributed by atoms with Gasteiger partial charge in [-0.1, -0.05) is 163 Å². The Labute approximate surface area is 337 Å². The van der Waals surface area contributed by atoms with Crippen LogP contribution in [-0.4, -0.2) is 13.4 Å². The highest BCUT2D eigenvalue weighted by molar-refractivity contribution is 7.05. The van der Waals surface area contributed by atoms with E-state index in [0.29, 0.717) is 0 Å². The molecular weight excluding hydrogens is 698 g/mol. The van der Waals surface area contributed by atoms with Gasteiger partial charge in [-0.05, 0) is 119 Å². The number of hydrogen-bond donors (Lipinski definition) is 0. The zero-order valence-electron chi connectivity index (χ0n) is 31.5. The normalized spacial score (nSPS) is 13.7. The van der Waals surface area contributed by atoms with Crippen LogP contribution in [0.5, 0.6) is 0 Å². The van der Waals surface area contributed by atoms with Crippen molar-refractivity contribution in [3.8, 4) is 22.3 Å². The topological polar surface area (TPSA) is 6.48 Å². The van der Waals surface area contributed by atoms with Gasteiger partial charge in [-0.15, -0.1) is 0 Å². The molecular formula is C54H32B2N2. The van der Waals surface area contributed by atoms with Crippen LogP contribution in [0.2, 0.25) is 0 Å². The smallest absolute Gasteiger partial charge is 0.248 e. The molecule has 4 aliphatic rings. The van der Waals surface area contributed by atoms with Gasteiger partial charge >= 0.3 is 0 Å².